The van der Waals surface area contributed by atoms with Crippen LogP contribution in [0.2, 0.25) is 5.02 Å². The molecule has 124 valence electrons. The van der Waals surface area contributed by atoms with Gasteiger partial charge in [-0.15, -0.1) is 0 Å². The fourth-order valence-corrected chi connectivity index (χ4v) is 3.00. The van der Waals surface area contributed by atoms with Gasteiger partial charge in [0.15, 0.2) is 0 Å². The number of halogens is 1. The molecule has 4 rings (SSSR count). The summed E-state index contributed by atoms with van der Waals surface area (Å²) in [6.45, 7) is 0.594. The van der Waals surface area contributed by atoms with Crippen LogP contribution in [0.15, 0.2) is 73.3 Å². The van der Waals surface area contributed by atoms with Gasteiger partial charge in [-0.05, 0) is 35.9 Å². The van der Waals surface area contributed by atoms with Crippen LogP contribution >= 0.6 is 11.6 Å². The lowest BCUT2D eigenvalue weighted by Gasteiger charge is -2.18. The van der Waals surface area contributed by atoms with E-state index in [0.717, 1.165) is 17.0 Å². The summed E-state index contributed by atoms with van der Waals surface area (Å²) in [5.41, 5.74) is 2.92. The maximum Gasteiger partial charge on any atom is 0.233 e. The zero-order chi connectivity index (χ0) is 17.1. The third kappa shape index (κ3) is 3.52. The molecule has 4 aromatic rings. The smallest absolute Gasteiger partial charge is 0.233 e. The van der Waals surface area contributed by atoms with E-state index in [2.05, 4.69) is 20.3 Å². The topological polar surface area (TPSA) is 55.1 Å². The molecule has 0 fully saturated rings. The molecule has 0 spiro atoms. The molecule has 0 aliphatic rings. The molecule has 6 heteroatoms. The Labute approximate surface area is 150 Å². The van der Waals surface area contributed by atoms with Gasteiger partial charge in [0.1, 0.15) is 0 Å². The highest BCUT2D eigenvalue weighted by Gasteiger charge is 2.16. The van der Waals surface area contributed by atoms with Crippen LogP contribution in [0.3, 0.4) is 0 Å². The van der Waals surface area contributed by atoms with Crippen molar-refractivity contribution in [3.8, 4) is 0 Å². The molecule has 25 heavy (non-hydrogen) atoms. The number of fused-ring (bicyclic) bond motifs is 1. The average Bonchev–Trinajstić information content (AvgIpc) is 3.06. The Hall–Kier alpha value is -2.76. The first-order valence-corrected chi connectivity index (χ1v) is 8.36. The second-order valence-corrected chi connectivity index (χ2v) is 6.12. The Balaban J connectivity index is 1.62. The van der Waals surface area contributed by atoms with Gasteiger partial charge in [0, 0.05) is 36.4 Å². The lowest BCUT2D eigenvalue weighted by atomic mass is 10.0. The van der Waals surface area contributed by atoms with Crippen molar-refractivity contribution in [2.75, 3.05) is 0 Å². The lowest BCUT2D eigenvalue weighted by molar-refractivity contribution is 0.586. The van der Waals surface area contributed by atoms with Crippen molar-refractivity contribution in [3.63, 3.8) is 0 Å². The van der Waals surface area contributed by atoms with Crippen molar-refractivity contribution in [2.45, 2.75) is 12.6 Å². The van der Waals surface area contributed by atoms with Gasteiger partial charge in [0.25, 0.3) is 0 Å². The van der Waals surface area contributed by atoms with Crippen molar-refractivity contribution in [3.05, 3.63) is 95.3 Å². The molecule has 0 saturated heterocycles. The van der Waals surface area contributed by atoms with E-state index >= 15 is 0 Å². The third-order valence-corrected chi connectivity index (χ3v) is 4.17. The van der Waals surface area contributed by atoms with Gasteiger partial charge in [0.2, 0.25) is 5.78 Å². The van der Waals surface area contributed by atoms with Gasteiger partial charge in [-0.25, -0.2) is 9.97 Å². The van der Waals surface area contributed by atoms with E-state index in [1.165, 1.54) is 0 Å². The standard InChI is InChI=1S/C19H16ClN5/c20-15-6-3-5-14(11-15)18(17-7-1-2-8-21-17)23-12-16-13-25-10-4-9-22-19(25)24-16/h1-11,13,18,23H,12H2/t18-/m1/s1. The first kappa shape index (κ1) is 15.7. The van der Waals surface area contributed by atoms with E-state index in [1.807, 2.05) is 65.3 Å². The van der Waals surface area contributed by atoms with E-state index in [1.54, 1.807) is 12.4 Å². The summed E-state index contributed by atoms with van der Waals surface area (Å²) in [4.78, 5) is 13.3. The molecule has 0 aliphatic carbocycles. The summed E-state index contributed by atoms with van der Waals surface area (Å²) in [6, 6.07) is 15.5. The van der Waals surface area contributed by atoms with Crippen LogP contribution in [0.5, 0.6) is 0 Å². The van der Waals surface area contributed by atoms with Crippen molar-refractivity contribution in [1.82, 2.24) is 24.7 Å². The van der Waals surface area contributed by atoms with Crippen LogP contribution in [0.25, 0.3) is 5.78 Å². The summed E-state index contributed by atoms with van der Waals surface area (Å²) in [5, 5.41) is 4.24. The van der Waals surface area contributed by atoms with Gasteiger partial charge in [0.05, 0.1) is 17.4 Å². The molecule has 0 unspecified atom stereocenters. The molecule has 0 bridgehead atoms. The molecule has 3 heterocycles. The lowest BCUT2D eigenvalue weighted by Crippen LogP contribution is -2.23. The minimum atomic E-state index is -0.0716. The SMILES string of the molecule is Clc1cccc([C@@H](NCc2cn3cccnc3n2)c2ccccn2)c1. The number of imidazole rings is 1. The number of benzene rings is 1. The Morgan fingerprint density at radius 1 is 1.04 bits per heavy atom. The highest BCUT2D eigenvalue weighted by Crippen LogP contribution is 2.23. The Kier molecular flexibility index (Phi) is 4.41. The first-order valence-electron chi connectivity index (χ1n) is 7.98. The van der Waals surface area contributed by atoms with Crippen molar-refractivity contribution in [2.24, 2.45) is 0 Å². The number of hydrogen-bond donors (Lipinski definition) is 1. The average molecular weight is 350 g/mol. The van der Waals surface area contributed by atoms with Crippen LogP contribution < -0.4 is 5.32 Å². The fraction of sp³-hybridized carbons (Fsp3) is 0.105. The van der Waals surface area contributed by atoms with Gasteiger partial charge in [-0.3, -0.25) is 14.7 Å². The minimum absolute atomic E-state index is 0.0716. The number of pyridine rings is 1. The van der Waals surface area contributed by atoms with Gasteiger partial charge in [-0.2, -0.15) is 0 Å². The molecular weight excluding hydrogens is 334 g/mol. The van der Waals surface area contributed by atoms with E-state index < -0.39 is 0 Å². The number of hydrogen-bond acceptors (Lipinski definition) is 4. The predicted molar refractivity (Wildman–Crippen MR) is 97.4 cm³/mol. The zero-order valence-electron chi connectivity index (χ0n) is 13.4. The summed E-state index contributed by atoms with van der Waals surface area (Å²) in [5.74, 6) is 0.691. The monoisotopic (exact) mass is 349 g/mol. The molecule has 5 nitrogen and oxygen atoms in total. The molecular formula is C19H16ClN5. The molecule has 0 amide bonds. The second-order valence-electron chi connectivity index (χ2n) is 5.68. The normalized spacial score (nSPS) is 12.4. The second kappa shape index (κ2) is 7.01. The fourth-order valence-electron chi connectivity index (χ4n) is 2.80. The molecule has 0 aliphatic heterocycles. The molecule has 1 N–H and O–H groups in total. The maximum absolute atomic E-state index is 6.17. The molecule has 1 atom stereocenters. The molecule has 0 radical (unpaired) electrons. The van der Waals surface area contributed by atoms with Crippen LogP contribution in [-0.4, -0.2) is 19.4 Å². The Morgan fingerprint density at radius 2 is 1.96 bits per heavy atom. The number of nitrogens with zero attached hydrogens (tertiary/aromatic N) is 4. The minimum Gasteiger partial charge on any atom is -0.299 e. The summed E-state index contributed by atoms with van der Waals surface area (Å²) < 4.78 is 1.91. The van der Waals surface area contributed by atoms with Crippen molar-refractivity contribution < 1.29 is 0 Å². The maximum atomic E-state index is 6.17. The summed E-state index contributed by atoms with van der Waals surface area (Å²) in [6.07, 6.45) is 7.44. The predicted octanol–water partition coefficient (Wildman–Crippen LogP) is 3.66. The third-order valence-electron chi connectivity index (χ3n) is 3.94. The van der Waals surface area contributed by atoms with E-state index in [0.29, 0.717) is 17.3 Å². The molecule has 3 aromatic heterocycles. The van der Waals surface area contributed by atoms with Crippen LogP contribution in [0.4, 0.5) is 0 Å². The number of rotatable bonds is 5. The van der Waals surface area contributed by atoms with Gasteiger partial charge < -0.3 is 0 Å². The summed E-state index contributed by atoms with van der Waals surface area (Å²) >= 11 is 6.17. The van der Waals surface area contributed by atoms with E-state index in [-0.39, 0.29) is 6.04 Å². The molecule has 0 saturated carbocycles. The first-order chi connectivity index (χ1) is 12.3. The molecule has 1 aromatic carbocycles. The van der Waals surface area contributed by atoms with Crippen molar-refractivity contribution in [1.29, 1.82) is 0 Å². The highest BCUT2D eigenvalue weighted by molar-refractivity contribution is 6.30. The van der Waals surface area contributed by atoms with Gasteiger partial charge >= 0.3 is 0 Å². The van der Waals surface area contributed by atoms with Crippen LogP contribution in [0, 0.1) is 0 Å². The quantitative estimate of drug-likeness (QED) is 0.597. The Bertz CT molecular complexity index is 950. The Morgan fingerprint density at radius 3 is 2.76 bits per heavy atom. The van der Waals surface area contributed by atoms with E-state index in [9.17, 15) is 0 Å². The zero-order valence-corrected chi connectivity index (χ0v) is 14.1. The van der Waals surface area contributed by atoms with Gasteiger partial charge in [-0.1, -0.05) is 29.8 Å². The highest BCUT2D eigenvalue weighted by atomic mass is 35.5. The number of aromatic nitrogens is 4. The largest absolute Gasteiger partial charge is 0.299 e. The van der Waals surface area contributed by atoms with Crippen LogP contribution in [-0.2, 0) is 6.54 Å². The van der Waals surface area contributed by atoms with Crippen LogP contribution in [0.1, 0.15) is 23.0 Å². The summed E-state index contributed by atoms with van der Waals surface area (Å²) in [7, 11) is 0. The van der Waals surface area contributed by atoms with E-state index in [4.69, 9.17) is 11.6 Å². The number of nitrogens with one attached hydrogen (secondary N) is 1. The van der Waals surface area contributed by atoms with Crippen molar-refractivity contribution >= 4 is 17.4 Å².